The molecule has 1 aliphatic heterocycles. The van der Waals surface area contributed by atoms with Crippen molar-refractivity contribution < 1.29 is 4.57 Å². The summed E-state index contributed by atoms with van der Waals surface area (Å²) in [5.41, 5.74) is 5.84. The van der Waals surface area contributed by atoms with E-state index in [1.165, 1.54) is 22.4 Å². The van der Waals surface area contributed by atoms with Gasteiger partial charge in [0.05, 0.1) is 11.0 Å². The molecule has 2 unspecified atom stereocenters. The molecule has 0 fully saturated rings. The second-order valence-corrected chi connectivity index (χ2v) is 6.82. The Morgan fingerprint density at radius 2 is 1.67 bits per heavy atom. The van der Waals surface area contributed by atoms with Crippen LogP contribution >= 0.6 is 0 Å². The summed E-state index contributed by atoms with van der Waals surface area (Å²) in [6.45, 7) is 11.7. The minimum atomic E-state index is 0.109. The Balaban J connectivity index is 2.43. The molecule has 0 aliphatic carbocycles. The van der Waals surface area contributed by atoms with Crippen LogP contribution in [-0.4, -0.2) is 0 Å². The van der Waals surface area contributed by atoms with E-state index in [0.29, 0.717) is 0 Å². The van der Waals surface area contributed by atoms with E-state index in [9.17, 15) is 0 Å². The third-order valence-electron chi connectivity index (χ3n) is 6.01. The number of fused-ring (bicyclic) bond motifs is 3. The van der Waals surface area contributed by atoms with Gasteiger partial charge in [0, 0.05) is 25.0 Å². The molecule has 1 aliphatic rings. The number of aryl methyl sites for hydroxylation is 1. The fourth-order valence-electron chi connectivity index (χ4n) is 4.11. The van der Waals surface area contributed by atoms with Crippen molar-refractivity contribution in [2.24, 2.45) is 0 Å². The van der Waals surface area contributed by atoms with Crippen LogP contribution in [0.5, 0.6) is 0 Å². The van der Waals surface area contributed by atoms with Gasteiger partial charge < -0.3 is 0 Å². The van der Waals surface area contributed by atoms with Crippen molar-refractivity contribution in [3.8, 4) is 11.3 Å². The summed E-state index contributed by atoms with van der Waals surface area (Å²) in [4.78, 5) is 0. The molecule has 0 amide bonds. The molecule has 110 valence electrons. The van der Waals surface area contributed by atoms with Crippen molar-refractivity contribution >= 4 is 0 Å². The van der Waals surface area contributed by atoms with E-state index < -0.39 is 0 Å². The van der Waals surface area contributed by atoms with Gasteiger partial charge in [0.1, 0.15) is 0 Å². The lowest BCUT2D eigenvalue weighted by molar-refractivity contribution is -0.765. The zero-order valence-corrected chi connectivity index (χ0v) is 13.9. The standard InChI is InChI=1S/C20H26N/c1-6-19(4)17-11-9-8-10-16(17)18-13-12-15(3)14-21(18)20(19,5)7-2/h8-14H,6-7H2,1-5H3/q+1. The fraction of sp³-hybridized carbons (Fsp3) is 0.450. The average Bonchev–Trinajstić information content (AvgIpc) is 2.52. The summed E-state index contributed by atoms with van der Waals surface area (Å²) >= 11 is 0. The zero-order valence-electron chi connectivity index (χ0n) is 13.9. The molecule has 1 nitrogen and oxygen atoms in total. The molecule has 0 N–H and O–H groups in total. The maximum atomic E-state index is 2.54. The first-order valence-electron chi connectivity index (χ1n) is 8.10. The quantitative estimate of drug-likeness (QED) is 0.699. The van der Waals surface area contributed by atoms with E-state index in [1.54, 1.807) is 0 Å². The Hall–Kier alpha value is -1.63. The summed E-state index contributed by atoms with van der Waals surface area (Å²) in [7, 11) is 0. The molecule has 2 heterocycles. The SMILES string of the molecule is CCC1(C)c2ccccc2-c2ccc(C)c[n+]2C1(C)CC. The molecule has 3 rings (SSSR count). The first-order valence-corrected chi connectivity index (χ1v) is 8.10. The predicted octanol–water partition coefficient (Wildman–Crippen LogP) is 4.76. The van der Waals surface area contributed by atoms with E-state index in [2.05, 4.69) is 81.8 Å². The molecule has 0 saturated heterocycles. The molecule has 0 saturated carbocycles. The van der Waals surface area contributed by atoms with Crippen molar-refractivity contribution in [1.82, 2.24) is 0 Å². The lowest BCUT2D eigenvalue weighted by atomic mass is 9.61. The first-order chi connectivity index (χ1) is 9.98. The van der Waals surface area contributed by atoms with Gasteiger partial charge in [-0.15, -0.1) is 0 Å². The Morgan fingerprint density at radius 1 is 0.952 bits per heavy atom. The highest BCUT2D eigenvalue weighted by Crippen LogP contribution is 2.49. The average molecular weight is 280 g/mol. The van der Waals surface area contributed by atoms with Gasteiger partial charge in [-0.3, -0.25) is 0 Å². The minimum Gasteiger partial charge on any atom is -0.192 e. The topological polar surface area (TPSA) is 3.88 Å². The van der Waals surface area contributed by atoms with E-state index in [4.69, 9.17) is 0 Å². The van der Waals surface area contributed by atoms with E-state index in [-0.39, 0.29) is 11.0 Å². The summed E-state index contributed by atoms with van der Waals surface area (Å²) in [5.74, 6) is 0. The van der Waals surface area contributed by atoms with Crippen molar-refractivity contribution in [1.29, 1.82) is 0 Å². The number of benzene rings is 1. The van der Waals surface area contributed by atoms with Gasteiger partial charge in [0.25, 0.3) is 0 Å². The molecule has 1 heteroatoms. The molecule has 1 aromatic carbocycles. The number of hydrogen-bond acceptors (Lipinski definition) is 0. The second kappa shape index (κ2) is 4.69. The Bertz CT molecular complexity index is 688. The molecule has 21 heavy (non-hydrogen) atoms. The maximum absolute atomic E-state index is 2.54. The molecule has 0 spiro atoms. The molecular weight excluding hydrogens is 254 g/mol. The number of rotatable bonds is 2. The van der Waals surface area contributed by atoms with E-state index in [1.807, 2.05) is 0 Å². The third-order valence-corrected chi connectivity index (χ3v) is 6.01. The molecule has 0 radical (unpaired) electrons. The Morgan fingerprint density at radius 3 is 2.33 bits per heavy atom. The Kier molecular flexibility index (Phi) is 3.20. The van der Waals surface area contributed by atoms with Crippen molar-refractivity contribution in [3.63, 3.8) is 0 Å². The minimum absolute atomic E-state index is 0.109. The predicted molar refractivity (Wildman–Crippen MR) is 88.4 cm³/mol. The maximum Gasteiger partial charge on any atom is 0.213 e. The van der Waals surface area contributed by atoms with Crippen LogP contribution in [-0.2, 0) is 11.0 Å². The van der Waals surface area contributed by atoms with Gasteiger partial charge in [-0.1, -0.05) is 32.0 Å². The summed E-state index contributed by atoms with van der Waals surface area (Å²) in [5, 5.41) is 0. The molecule has 2 aromatic rings. The van der Waals surface area contributed by atoms with Gasteiger partial charge in [0.15, 0.2) is 11.7 Å². The lowest BCUT2D eigenvalue weighted by Crippen LogP contribution is -2.67. The summed E-state index contributed by atoms with van der Waals surface area (Å²) in [6.07, 6.45) is 4.62. The molecule has 1 aromatic heterocycles. The van der Waals surface area contributed by atoms with Crippen molar-refractivity contribution in [2.45, 2.75) is 58.4 Å². The number of nitrogens with zero attached hydrogens (tertiary/aromatic N) is 1. The zero-order chi connectivity index (χ0) is 15.3. The van der Waals surface area contributed by atoms with Crippen LogP contribution < -0.4 is 4.57 Å². The van der Waals surface area contributed by atoms with Crippen LogP contribution in [0.3, 0.4) is 0 Å². The monoisotopic (exact) mass is 280 g/mol. The van der Waals surface area contributed by atoms with Crippen molar-refractivity contribution in [3.05, 3.63) is 53.7 Å². The van der Waals surface area contributed by atoms with Gasteiger partial charge in [-0.25, -0.2) is 0 Å². The van der Waals surface area contributed by atoms with Gasteiger partial charge in [-0.05, 0) is 38.0 Å². The largest absolute Gasteiger partial charge is 0.213 e. The van der Waals surface area contributed by atoms with Crippen LogP contribution in [0.2, 0.25) is 0 Å². The van der Waals surface area contributed by atoms with Gasteiger partial charge in [-0.2, -0.15) is 4.57 Å². The molecule has 0 bridgehead atoms. The van der Waals surface area contributed by atoms with Crippen molar-refractivity contribution in [2.75, 3.05) is 0 Å². The van der Waals surface area contributed by atoms with Crippen LogP contribution in [0.4, 0.5) is 0 Å². The number of aromatic nitrogens is 1. The molecule has 2 atom stereocenters. The van der Waals surface area contributed by atoms with Crippen LogP contribution in [0.15, 0.2) is 42.6 Å². The highest BCUT2D eigenvalue weighted by molar-refractivity contribution is 5.65. The summed E-state index contributed by atoms with van der Waals surface area (Å²) in [6, 6.07) is 13.5. The normalized spacial score (nSPS) is 27.1. The van der Waals surface area contributed by atoms with E-state index >= 15 is 0 Å². The fourth-order valence-corrected chi connectivity index (χ4v) is 4.11. The van der Waals surface area contributed by atoms with Gasteiger partial charge >= 0.3 is 0 Å². The van der Waals surface area contributed by atoms with Crippen LogP contribution in [0.1, 0.15) is 51.7 Å². The first kappa shape index (κ1) is 14.3. The highest BCUT2D eigenvalue weighted by Gasteiger charge is 2.56. The van der Waals surface area contributed by atoms with Gasteiger partial charge in [0.2, 0.25) is 5.69 Å². The van der Waals surface area contributed by atoms with Crippen LogP contribution in [0, 0.1) is 6.92 Å². The van der Waals surface area contributed by atoms with E-state index in [0.717, 1.165) is 12.8 Å². The summed E-state index contributed by atoms with van der Waals surface area (Å²) < 4.78 is 2.54. The lowest BCUT2D eigenvalue weighted by Gasteiger charge is -2.46. The second-order valence-electron chi connectivity index (χ2n) is 6.82. The number of hydrogen-bond donors (Lipinski definition) is 0. The molecular formula is C20H26N+. The Labute approximate surface area is 128 Å². The number of pyridine rings is 1. The van der Waals surface area contributed by atoms with Crippen LogP contribution in [0.25, 0.3) is 11.3 Å². The highest BCUT2D eigenvalue weighted by atomic mass is 15.1. The third kappa shape index (κ3) is 1.73. The smallest absolute Gasteiger partial charge is 0.192 e.